The molecule has 112 valence electrons. The summed E-state index contributed by atoms with van der Waals surface area (Å²) in [6.45, 7) is 2.32. The van der Waals surface area contributed by atoms with Crippen molar-refractivity contribution < 1.29 is 14.3 Å². The van der Waals surface area contributed by atoms with Crippen LogP contribution in [-0.4, -0.2) is 13.0 Å². The maximum absolute atomic E-state index is 11.5. The van der Waals surface area contributed by atoms with Gasteiger partial charge in [0.1, 0.15) is 18.1 Å². The van der Waals surface area contributed by atoms with Gasteiger partial charge in [-0.2, -0.15) is 0 Å². The van der Waals surface area contributed by atoms with Crippen LogP contribution in [0.4, 0.5) is 0 Å². The molecule has 0 spiro atoms. The van der Waals surface area contributed by atoms with E-state index in [0.29, 0.717) is 17.2 Å². The molecule has 0 atom stereocenters. The van der Waals surface area contributed by atoms with Gasteiger partial charge in [-0.15, -0.1) is 11.3 Å². The van der Waals surface area contributed by atoms with Crippen LogP contribution in [0, 0.1) is 6.92 Å². The number of carbonyl (C=O) groups excluding carboxylic acids is 1. The predicted molar refractivity (Wildman–Crippen MR) is 85.7 cm³/mol. The lowest BCUT2D eigenvalue weighted by Crippen LogP contribution is -2.29. The lowest BCUT2D eigenvalue weighted by Gasteiger charge is -2.09. The summed E-state index contributed by atoms with van der Waals surface area (Å²) in [5, 5.41) is 0. The molecule has 3 N–H and O–H groups in total. The molecule has 0 fully saturated rings. The van der Waals surface area contributed by atoms with Crippen molar-refractivity contribution >= 4 is 33.2 Å². The predicted octanol–water partition coefficient (Wildman–Crippen LogP) is 3.01. The van der Waals surface area contributed by atoms with Crippen molar-refractivity contribution in [1.82, 2.24) is 5.43 Å². The van der Waals surface area contributed by atoms with Crippen LogP contribution in [0.25, 0.3) is 0 Å². The molecule has 1 amide bonds. The third-order valence-corrected chi connectivity index (χ3v) is 4.61. The second kappa shape index (κ2) is 6.93. The number of ether oxygens (including phenoxy) is 2. The number of methoxy groups -OCH3 is 1. The molecule has 0 aliphatic heterocycles. The first-order valence-electron chi connectivity index (χ1n) is 6.11. The number of halogens is 1. The first-order valence-corrected chi connectivity index (χ1v) is 7.72. The van der Waals surface area contributed by atoms with E-state index in [-0.39, 0.29) is 5.91 Å². The van der Waals surface area contributed by atoms with Crippen molar-refractivity contribution in [3.63, 3.8) is 0 Å². The average molecular weight is 371 g/mol. The Morgan fingerprint density at radius 3 is 2.81 bits per heavy atom. The third kappa shape index (κ3) is 3.75. The Balaban J connectivity index is 2.09. The van der Waals surface area contributed by atoms with Gasteiger partial charge in [-0.1, -0.05) is 0 Å². The minimum atomic E-state index is -0.292. The smallest absolute Gasteiger partial charge is 0.275 e. The summed E-state index contributed by atoms with van der Waals surface area (Å²) in [6.07, 6.45) is 0. The van der Waals surface area contributed by atoms with Crippen LogP contribution in [0.1, 0.15) is 20.1 Å². The van der Waals surface area contributed by atoms with E-state index < -0.39 is 0 Å². The van der Waals surface area contributed by atoms with Crippen molar-refractivity contribution in [2.45, 2.75) is 13.5 Å². The number of hydrogen-bond donors (Lipinski definition) is 2. The Morgan fingerprint density at radius 2 is 2.19 bits per heavy atom. The van der Waals surface area contributed by atoms with Crippen LogP contribution >= 0.6 is 27.3 Å². The minimum absolute atomic E-state index is 0.292. The first-order chi connectivity index (χ1) is 10.0. The number of benzene rings is 1. The molecule has 7 heteroatoms. The molecule has 1 aromatic carbocycles. The van der Waals surface area contributed by atoms with Crippen LogP contribution in [0.15, 0.2) is 28.7 Å². The lowest BCUT2D eigenvalue weighted by molar-refractivity contribution is 0.0957. The van der Waals surface area contributed by atoms with Gasteiger partial charge in [0.2, 0.25) is 0 Å². The number of carbonyl (C=O) groups is 1. The zero-order valence-electron chi connectivity index (χ0n) is 11.6. The summed E-state index contributed by atoms with van der Waals surface area (Å²) in [5.74, 6) is 6.31. The Bertz CT molecular complexity index is 658. The van der Waals surface area contributed by atoms with E-state index in [1.165, 1.54) is 11.3 Å². The minimum Gasteiger partial charge on any atom is -0.497 e. The fourth-order valence-electron chi connectivity index (χ4n) is 1.73. The number of nitrogens with two attached hydrogens (primary N) is 1. The first kappa shape index (κ1) is 15.8. The van der Waals surface area contributed by atoms with Gasteiger partial charge in [0.05, 0.1) is 16.5 Å². The number of thiophene rings is 1. The number of amides is 1. The Kier molecular flexibility index (Phi) is 5.22. The summed E-state index contributed by atoms with van der Waals surface area (Å²) in [5.41, 5.74) is 3.09. The van der Waals surface area contributed by atoms with Crippen LogP contribution in [-0.2, 0) is 6.61 Å². The van der Waals surface area contributed by atoms with Crippen molar-refractivity contribution in [2.24, 2.45) is 5.84 Å². The maximum Gasteiger partial charge on any atom is 0.275 e. The van der Waals surface area contributed by atoms with E-state index in [2.05, 4.69) is 21.4 Å². The van der Waals surface area contributed by atoms with Gasteiger partial charge in [-0.05, 0) is 47.1 Å². The van der Waals surface area contributed by atoms with E-state index in [4.69, 9.17) is 15.3 Å². The maximum atomic E-state index is 11.5. The van der Waals surface area contributed by atoms with Gasteiger partial charge in [-0.3, -0.25) is 10.2 Å². The molecule has 0 aliphatic rings. The number of rotatable bonds is 5. The lowest BCUT2D eigenvalue weighted by atomic mass is 10.2. The zero-order chi connectivity index (χ0) is 15.4. The van der Waals surface area contributed by atoms with E-state index in [0.717, 1.165) is 20.7 Å². The molecule has 0 unspecified atom stereocenters. The normalized spacial score (nSPS) is 10.3. The Labute approximate surface area is 135 Å². The quantitative estimate of drug-likeness (QED) is 0.482. The highest BCUT2D eigenvalue weighted by atomic mass is 79.9. The number of hydrazine groups is 1. The zero-order valence-corrected chi connectivity index (χ0v) is 14.0. The number of nitrogens with one attached hydrogen (secondary N) is 1. The molecule has 1 aromatic heterocycles. The van der Waals surface area contributed by atoms with Crippen molar-refractivity contribution in [3.05, 3.63) is 44.1 Å². The van der Waals surface area contributed by atoms with E-state index in [1.807, 2.05) is 25.1 Å². The standard InChI is InChI=1S/C14H15BrN2O3S/c1-8-9(5-13(21-8)14(18)17-16)7-20-12-4-3-10(19-2)6-11(12)15/h3-6H,7,16H2,1-2H3,(H,17,18). The van der Waals surface area contributed by atoms with Gasteiger partial charge in [0.15, 0.2) is 0 Å². The Morgan fingerprint density at radius 1 is 1.43 bits per heavy atom. The molecule has 0 bridgehead atoms. The molecule has 1 heterocycles. The van der Waals surface area contributed by atoms with Crippen LogP contribution < -0.4 is 20.7 Å². The fraction of sp³-hybridized carbons (Fsp3) is 0.214. The van der Waals surface area contributed by atoms with E-state index in [1.54, 1.807) is 13.2 Å². The van der Waals surface area contributed by atoms with Crippen LogP contribution in [0.5, 0.6) is 11.5 Å². The topological polar surface area (TPSA) is 73.6 Å². The number of nitrogen functional groups attached to an aromatic ring is 1. The van der Waals surface area contributed by atoms with Crippen LogP contribution in [0.3, 0.4) is 0 Å². The van der Waals surface area contributed by atoms with E-state index >= 15 is 0 Å². The summed E-state index contributed by atoms with van der Waals surface area (Å²) >= 11 is 4.83. The third-order valence-electron chi connectivity index (χ3n) is 2.90. The molecule has 21 heavy (non-hydrogen) atoms. The largest absolute Gasteiger partial charge is 0.497 e. The molecule has 2 rings (SSSR count). The molecule has 5 nitrogen and oxygen atoms in total. The molecule has 2 aromatic rings. The van der Waals surface area contributed by atoms with Gasteiger partial charge >= 0.3 is 0 Å². The van der Waals surface area contributed by atoms with Crippen molar-refractivity contribution in [1.29, 1.82) is 0 Å². The molecule has 0 aliphatic carbocycles. The van der Waals surface area contributed by atoms with Crippen molar-refractivity contribution in [3.8, 4) is 11.5 Å². The molecule has 0 saturated heterocycles. The fourth-order valence-corrected chi connectivity index (χ4v) is 3.13. The highest BCUT2D eigenvalue weighted by Gasteiger charge is 2.12. The monoisotopic (exact) mass is 370 g/mol. The van der Waals surface area contributed by atoms with Gasteiger partial charge in [0.25, 0.3) is 5.91 Å². The summed E-state index contributed by atoms with van der Waals surface area (Å²) in [7, 11) is 1.61. The van der Waals surface area contributed by atoms with Gasteiger partial charge in [0, 0.05) is 10.4 Å². The molecular weight excluding hydrogens is 356 g/mol. The molecule has 0 radical (unpaired) electrons. The Hall–Kier alpha value is -1.57. The number of aryl methyl sites for hydroxylation is 1. The second-order valence-electron chi connectivity index (χ2n) is 4.25. The second-order valence-corrected chi connectivity index (χ2v) is 6.36. The summed E-state index contributed by atoms with van der Waals surface area (Å²) < 4.78 is 11.7. The average Bonchev–Trinajstić information content (AvgIpc) is 2.86. The van der Waals surface area contributed by atoms with Crippen LogP contribution in [0.2, 0.25) is 0 Å². The molecule has 0 saturated carbocycles. The van der Waals surface area contributed by atoms with E-state index in [9.17, 15) is 4.79 Å². The SMILES string of the molecule is COc1ccc(OCc2cc(C(=O)NN)sc2C)c(Br)c1. The highest BCUT2D eigenvalue weighted by Crippen LogP contribution is 2.30. The van der Waals surface area contributed by atoms with Gasteiger partial charge in [-0.25, -0.2) is 5.84 Å². The summed E-state index contributed by atoms with van der Waals surface area (Å²) in [4.78, 5) is 13.1. The van der Waals surface area contributed by atoms with Gasteiger partial charge < -0.3 is 9.47 Å². The summed E-state index contributed by atoms with van der Waals surface area (Å²) in [6, 6.07) is 7.29. The highest BCUT2D eigenvalue weighted by molar-refractivity contribution is 9.10. The molecular formula is C14H15BrN2O3S. The van der Waals surface area contributed by atoms with Crippen molar-refractivity contribution in [2.75, 3.05) is 7.11 Å². The number of hydrogen-bond acceptors (Lipinski definition) is 5.